The third-order valence-electron chi connectivity index (χ3n) is 5.66. The van der Waals surface area contributed by atoms with Crippen LogP contribution in [0.5, 0.6) is 0 Å². The van der Waals surface area contributed by atoms with Gasteiger partial charge in [0.25, 0.3) is 0 Å². The van der Waals surface area contributed by atoms with Crippen molar-refractivity contribution in [2.45, 2.75) is 77.0 Å². The highest BCUT2D eigenvalue weighted by Gasteiger charge is 2.45. The molecule has 3 N–H and O–H groups in total. The van der Waals surface area contributed by atoms with E-state index in [2.05, 4.69) is 20.3 Å². The van der Waals surface area contributed by atoms with Crippen LogP contribution in [0.15, 0.2) is 12.7 Å². The van der Waals surface area contributed by atoms with E-state index in [1.807, 2.05) is 0 Å². The molecule has 0 amide bonds. The fraction of sp³-hybridized carbons (Fsp3) is 0.700. The van der Waals surface area contributed by atoms with Crippen molar-refractivity contribution < 1.29 is 24.5 Å². The summed E-state index contributed by atoms with van der Waals surface area (Å²) < 4.78 is 12.7. The topological polar surface area (TPSA) is 132 Å². The van der Waals surface area contributed by atoms with Gasteiger partial charge in [0.2, 0.25) is 0 Å². The van der Waals surface area contributed by atoms with Crippen LogP contribution in [0, 0.1) is 5.41 Å². The molecule has 1 saturated carbocycles. The largest absolute Gasteiger partial charge is 0.462 e. The van der Waals surface area contributed by atoms with Crippen LogP contribution in [-0.4, -0.2) is 66.7 Å². The van der Waals surface area contributed by atoms with Crippen LogP contribution < -0.4 is 5.32 Å². The number of aliphatic hydroxyl groups is 2. The van der Waals surface area contributed by atoms with Gasteiger partial charge in [-0.15, -0.1) is 0 Å². The van der Waals surface area contributed by atoms with Crippen LogP contribution in [0.4, 0.5) is 5.82 Å². The molecule has 0 bridgehead atoms. The summed E-state index contributed by atoms with van der Waals surface area (Å²) in [6.07, 6.45) is 3.35. The third-order valence-corrected chi connectivity index (χ3v) is 5.66. The van der Waals surface area contributed by atoms with Crippen LogP contribution in [0.3, 0.4) is 0 Å². The molecule has 10 heteroatoms. The number of carbonyl (C=O) groups excluding carboxylic acids is 1. The van der Waals surface area contributed by atoms with Gasteiger partial charge in [-0.2, -0.15) is 0 Å². The zero-order valence-corrected chi connectivity index (χ0v) is 17.5. The molecule has 2 fully saturated rings. The molecule has 3 heterocycles. The van der Waals surface area contributed by atoms with Gasteiger partial charge >= 0.3 is 5.97 Å². The molecule has 2 aromatic heterocycles. The average Bonchev–Trinajstić information content (AvgIpc) is 3.41. The van der Waals surface area contributed by atoms with Crippen molar-refractivity contribution in [2.75, 3.05) is 11.9 Å². The second kappa shape index (κ2) is 8.09. The number of fused-ring (bicyclic) bond motifs is 1. The number of aromatic nitrogens is 4. The molecule has 2 aliphatic rings. The SMILES string of the molecule is CC(C)(C)C(=O)OC[C@H]1OC(n2cnc3c(NC4CCCC4)ncnc32)[C@H](O)[C@@H]1O. The van der Waals surface area contributed by atoms with Gasteiger partial charge in [0.05, 0.1) is 11.7 Å². The summed E-state index contributed by atoms with van der Waals surface area (Å²) in [5.41, 5.74) is 0.410. The lowest BCUT2D eigenvalue weighted by atomic mass is 9.97. The normalized spacial score (nSPS) is 27.6. The van der Waals surface area contributed by atoms with Gasteiger partial charge in [0, 0.05) is 6.04 Å². The maximum atomic E-state index is 12.0. The number of esters is 1. The molecule has 0 aromatic carbocycles. The van der Waals surface area contributed by atoms with E-state index >= 15 is 0 Å². The van der Waals surface area contributed by atoms with Gasteiger partial charge < -0.3 is 25.0 Å². The lowest BCUT2D eigenvalue weighted by Gasteiger charge is -2.20. The molecular weight excluding hydrogens is 390 g/mol. The Labute approximate surface area is 174 Å². The average molecular weight is 419 g/mol. The molecule has 2 aromatic rings. The van der Waals surface area contributed by atoms with Crippen LogP contribution in [0.1, 0.15) is 52.7 Å². The fourth-order valence-corrected chi connectivity index (χ4v) is 3.88. The second-order valence-electron chi connectivity index (χ2n) is 9.07. The molecule has 1 unspecified atom stereocenters. The van der Waals surface area contributed by atoms with Gasteiger partial charge in [0.1, 0.15) is 31.2 Å². The lowest BCUT2D eigenvalue weighted by Crippen LogP contribution is -2.35. The number of aliphatic hydroxyl groups excluding tert-OH is 2. The van der Waals surface area contributed by atoms with Crippen LogP contribution in [0.2, 0.25) is 0 Å². The predicted molar refractivity (Wildman–Crippen MR) is 108 cm³/mol. The Bertz CT molecular complexity index is 905. The van der Waals surface area contributed by atoms with Crippen LogP contribution in [0.25, 0.3) is 11.2 Å². The highest BCUT2D eigenvalue weighted by Crippen LogP contribution is 2.33. The van der Waals surface area contributed by atoms with E-state index in [0.29, 0.717) is 23.0 Å². The first-order valence-corrected chi connectivity index (χ1v) is 10.4. The Morgan fingerprint density at radius 2 is 1.97 bits per heavy atom. The van der Waals surface area contributed by atoms with E-state index < -0.39 is 35.9 Å². The summed E-state index contributed by atoms with van der Waals surface area (Å²) in [5, 5.41) is 24.4. The zero-order chi connectivity index (χ0) is 21.5. The standard InChI is InChI=1S/C20H29N5O5/c1-20(2,3)19(28)29-8-12-14(26)15(27)18(30-12)25-10-23-13-16(21-9-22-17(13)25)24-11-6-4-5-7-11/h9-12,14-15,18,26-27H,4-8H2,1-3H3,(H,21,22,24)/t12-,14-,15-,18?/m1/s1. The Morgan fingerprint density at radius 1 is 1.23 bits per heavy atom. The van der Waals surface area contributed by atoms with Gasteiger partial charge in [-0.05, 0) is 33.6 Å². The Morgan fingerprint density at radius 3 is 2.67 bits per heavy atom. The molecule has 1 aliphatic heterocycles. The van der Waals surface area contributed by atoms with Crippen LogP contribution in [-0.2, 0) is 14.3 Å². The van der Waals surface area contributed by atoms with E-state index in [-0.39, 0.29) is 6.61 Å². The summed E-state index contributed by atoms with van der Waals surface area (Å²) in [4.78, 5) is 25.1. The molecule has 4 atom stereocenters. The smallest absolute Gasteiger partial charge is 0.311 e. The number of hydrogen-bond donors (Lipinski definition) is 3. The fourth-order valence-electron chi connectivity index (χ4n) is 3.88. The molecule has 164 valence electrons. The van der Waals surface area contributed by atoms with E-state index in [4.69, 9.17) is 9.47 Å². The summed E-state index contributed by atoms with van der Waals surface area (Å²) in [6, 6.07) is 0.366. The summed E-state index contributed by atoms with van der Waals surface area (Å²) >= 11 is 0. The van der Waals surface area contributed by atoms with Crippen molar-refractivity contribution in [3.05, 3.63) is 12.7 Å². The first kappa shape index (κ1) is 21.0. The van der Waals surface area contributed by atoms with Crippen molar-refractivity contribution in [1.82, 2.24) is 19.5 Å². The molecule has 1 aliphatic carbocycles. The van der Waals surface area contributed by atoms with Gasteiger partial charge in [-0.1, -0.05) is 12.8 Å². The summed E-state index contributed by atoms with van der Waals surface area (Å²) in [6.45, 7) is 5.08. The van der Waals surface area contributed by atoms with Gasteiger partial charge in [-0.3, -0.25) is 9.36 Å². The van der Waals surface area contributed by atoms with E-state index in [1.165, 1.54) is 25.5 Å². The summed E-state index contributed by atoms with van der Waals surface area (Å²) in [7, 11) is 0. The van der Waals surface area contributed by atoms with Gasteiger partial charge in [0.15, 0.2) is 23.2 Å². The van der Waals surface area contributed by atoms with Crippen molar-refractivity contribution >= 4 is 23.0 Å². The molecule has 4 rings (SSSR count). The number of rotatable bonds is 5. The second-order valence-corrected chi connectivity index (χ2v) is 9.07. The number of nitrogens with one attached hydrogen (secondary N) is 1. The molecular formula is C20H29N5O5. The Balaban J connectivity index is 1.51. The Kier molecular flexibility index (Phi) is 5.65. The number of anilines is 1. The number of nitrogens with zero attached hydrogens (tertiary/aromatic N) is 4. The molecule has 0 radical (unpaired) electrons. The van der Waals surface area contributed by atoms with Crippen molar-refractivity contribution in [3.8, 4) is 0 Å². The van der Waals surface area contributed by atoms with Gasteiger partial charge in [-0.25, -0.2) is 15.0 Å². The maximum absolute atomic E-state index is 12.0. The molecule has 0 spiro atoms. The van der Waals surface area contributed by atoms with E-state index in [9.17, 15) is 15.0 Å². The van der Waals surface area contributed by atoms with E-state index in [1.54, 1.807) is 25.3 Å². The summed E-state index contributed by atoms with van der Waals surface area (Å²) in [5.74, 6) is 0.244. The monoisotopic (exact) mass is 419 g/mol. The quantitative estimate of drug-likeness (QED) is 0.615. The van der Waals surface area contributed by atoms with Crippen molar-refractivity contribution in [1.29, 1.82) is 0 Å². The minimum absolute atomic E-state index is 0.152. The molecule has 30 heavy (non-hydrogen) atoms. The highest BCUT2D eigenvalue weighted by molar-refractivity contribution is 5.82. The lowest BCUT2D eigenvalue weighted by molar-refractivity contribution is -0.159. The first-order chi connectivity index (χ1) is 14.3. The Hall–Kier alpha value is -2.30. The maximum Gasteiger partial charge on any atom is 0.311 e. The minimum atomic E-state index is -1.22. The number of carbonyl (C=O) groups is 1. The predicted octanol–water partition coefficient (Wildman–Crippen LogP) is 1.39. The number of imidazole rings is 1. The van der Waals surface area contributed by atoms with Crippen LogP contribution >= 0.6 is 0 Å². The third kappa shape index (κ3) is 3.99. The minimum Gasteiger partial charge on any atom is -0.462 e. The van der Waals surface area contributed by atoms with Crippen molar-refractivity contribution in [3.63, 3.8) is 0 Å². The highest BCUT2D eigenvalue weighted by atomic mass is 16.6. The van der Waals surface area contributed by atoms with E-state index in [0.717, 1.165) is 12.8 Å². The molecule has 1 saturated heterocycles. The van der Waals surface area contributed by atoms with Crippen molar-refractivity contribution in [2.24, 2.45) is 5.41 Å². The number of ether oxygens (including phenoxy) is 2. The first-order valence-electron chi connectivity index (χ1n) is 10.4. The number of hydrogen-bond acceptors (Lipinski definition) is 9. The molecule has 10 nitrogen and oxygen atoms in total. The zero-order valence-electron chi connectivity index (χ0n) is 17.5.